The summed E-state index contributed by atoms with van der Waals surface area (Å²) >= 11 is 0. The van der Waals surface area contributed by atoms with Crippen molar-refractivity contribution in [1.82, 2.24) is 9.80 Å². The number of hydrogen-bond donors (Lipinski definition) is 1. The van der Waals surface area contributed by atoms with E-state index >= 15 is 0 Å². The van der Waals surface area contributed by atoms with Gasteiger partial charge in [-0.25, -0.2) is 24.0 Å². The fraction of sp³-hybridized carbons (Fsp3) is 0.676. The van der Waals surface area contributed by atoms with Crippen molar-refractivity contribution in [1.29, 1.82) is 0 Å². The molecule has 1 N–H and O–H groups in total. The zero-order valence-electron chi connectivity index (χ0n) is 32.4. The summed E-state index contributed by atoms with van der Waals surface area (Å²) in [6.45, 7) is 16.2. The van der Waals surface area contributed by atoms with Crippen molar-refractivity contribution in [3.63, 3.8) is 0 Å². The molecule has 0 aliphatic rings. The van der Waals surface area contributed by atoms with Gasteiger partial charge in [0.25, 0.3) is 5.91 Å². The van der Waals surface area contributed by atoms with Gasteiger partial charge < -0.3 is 28.6 Å². The van der Waals surface area contributed by atoms with Crippen LogP contribution in [-0.2, 0) is 49.3 Å². The third-order valence-corrected chi connectivity index (χ3v) is 7.61. The number of benzene rings is 1. The van der Waals surface area contributed by atoms with E-state index in [0.29, 0.717) is 17.7 Å². The van der Waals surface area contributed by atoms with Crippen molar-refractivity contribution in [2.45, 2.75) is 124 Å². The number of nitrogens with zero attached hydrogens (tertiary/aromatic N) is 2. The molecular weight excluding hydrogens is 662 g/mol. The van der Waals surface area contributed by atoms with Crippen molar-refractivity contribution in [3.8, 4) is 0 Å². The van der Waals surface area contributed by atoms with E-state index in [1.165, 1.54) is 28.1 Å². The number of nitrogens with one attached hydrogen (secondary N) is 1. The van der Waals surface area contributed by atoms with Gasteiger partial charge in [0.2, 0.25) is 0 Å². The quantitative estimate of drug-likeness (QED) is 0.111. The van der Waals surface area contributed by atoms with E-state index in [9.17, 15) is 28.8 Å². The Kier molecular flexibility index (Phi) is 18.5. The lowest BCUT2D eigenvalue weighted by molar-refractivity contribution is -0.174. The highest BCUT2D eigenvalue weighted by Gasteiger charge is 2.39. The molecule has 0 heterocycles. The maximum atomic E-state index is 14.3. The number of esters is 3. The van der Waals surface area contributed by atoms with Gasteiger partial charge in [0.05, 0.1) is 13.7 Å². The molecule has 0 saturated carbocycles. The van der Waals surface area contributed by atoms with Crippen molar-refractivity contribution in [3.05, 3.63) is 29.8 Å². The molecule has 0 spiro atoms. The molecule has 0 bridgehead atoms. The van der Waals surface area contributed by atoms with Crippen LogP contribution < -0.4 is 5.32 Å². The summed E-state index contributed by atoms with van der Waals surface area (Å²) in [5.41, 5.74) is 0.176. The number of unbranched alkanes of at least 4 members (excludes halogenated alkanes) is 1. The van der Waals surface area contributed by atoms with Crippen molar-refractivity contribution < 1.29 is 52.5 Å². The van der Waals surface area contributed by atoms with Gasteiger partial charge in [-0.3, -0.25) is 15.0 Å². The van der Waals surface area contributed by atoms with Crippen LogP contribution >= 0.6 is 0 Å². The molecule has 288 valence electrons. The first-order valence-electron chi connectivity index (χ1n) is 17.4. The van der Waals surface area contributed by atoms with Gasteiger partial charge in [0, 0.05) is 26.2 Å². The van der Waals surface area contributed by atoms with Gasteiger partial charge in [-0.1, -0.05) is 53.2 Å². The van der Waals surface area contributed by atoms with E-state index in [4.69, 9.17) is 18.9 Å². The van der Waals surface area contributed by atoms with Crippen LogP contribution in [0.5, 0.6) is 0 Å². The number of methoxy groups -OCH3 is 1. The van der Waals surface area contributed by atoms with Gasteiger partial charge >= 0.3 is 30.1 Å². The highest BCUT2D eigenvalue weighted by atomic mass is 16.6. The molecule has 14 nitrogen and oxygen atoms in total. The van der Waals surface area contributed by atoms with Crippen LogP contribution in [0.25, 0.3) is 0 Å². The summed E-state index contributed by atoms with van der Waals surface area (Å²) in [4.78, 5) is 81.1. The number of rotatable bonds is 18. The van der Waals surface area contributed by atoms with E-state index in [2.05, 4.69) is 10.1 Å². The number of likely N-dealkylation sites (N-methyl/N-ethyl adjacent to an activating group) is 2. The molecule has 0 fully saturated rings. The predicted molar refractivity (Wildman–Crippen MR) is 191 cm³/mol. The number of amides is 3. The first-order valence-corrected chi connectivity index (χ1v) is 17.4. The largest absolute Gasteiger partial charge is 0.463 e. The van der Waals surface area contributed by atoms with E-state index in [1.807, 2.05) is 34.6 Å². The second-order valence-corrected chi connectivity index (χ2v) is 14.4. The molecule has 0 saturated heterocycles. The summed E-state index contributed by atoms with van der Waals surface area (Å²) in [6.07, 6.45) is -2.28. The van der Waals surface area contributed by atoms with E-state index < -0.39 is 65.9 Å². The third-order valence-electron chi connectivity index (χ3n) is 7.61. The minimum absolute atomic E-state index is 0.0417. The molecule has 0 aliphatic carbocycles. The topological polar surface area (TPSA) is 167 Å². The third kappa shape index (κ3) is 16.0. The molecule has 14 heteroatoms. The predicted octanol–water partition coefficient (Wildman–Crippen LogP) is 5.75. The number of ether oxygens (including phenoxy) is 5. The lowest BCUT2D eigenvalue weighted by Gasteiger charge is -2.33. The number of anilines is 1. The van der Waals surface area contributed by atoms with E-state index in [-0.39, 0.29) is 37.7 Å². The van der Waals surface area contributed by atoms with Crippen molar-refractivity contribution >= 4 is 41.7 Å². The summed E-state index contributed by atoms with van der Waals surface area (Å²) in [7, 11) is 4.07. The Balaban J connectivity index is 3.50. The number of carbonyl (C=O) groups excluding carboxylic acids is 6. The van der Waals surface area contributed by atoms with Crippen LogP contribution in [0.4, 0.5) is 15.3 Å². The lowest BCUT2D eigenvalue weighted by Crippen LogP contribution is -2.52. The van der Waals surface area contributed by atoms with Crippen LogP contribution in [0, 0.1) is 11.8 Å². The molecule has 1 aromatic rings. The van der Waals surface area contributed by atoms with Gasteiger partial charge in [-0.15, -0.1) is 0 Å². The van der Waals surface area contributed by atoms with Crippen LogP contribution in [0.15, 0.2) is 24.3 Å². The summed E-state index contributed by atoms with van der Waals surface area (Å²) in [5, 5.41) is 2.55. The van der Waals surface area contributed by atoms with E-state index in [1.54, 1.807) is 45.0 Å². The highest BCUT2D eigenvalue weighted by molar-refractivity contribution is 5.90. The first-order chi connectivity index (χ1) is 23.7. The Morgan fingerprint density at radius 2 is 1.31 bits per heavy atom. The average Bonchev–Trinajstić information content (AvgIpc) is 3.04. The average molecular weight is 722 g/mol. The SMILES string of the molecule is CCCCOC(=O)[C@@H](C)OC(=O)[C@H](CC(C)C)N(C)C(=O)[C@@H](Cc1ccc(NC(=O)OC)cc1)OC(=O)[C@H](CC(C)C)N(C)C(=O)OC(C)(C)C. The zero-order chi connectivity index (χ0) is 39.1. The Morgan fingerprint density at radius 1 is 0.784 bits per heavy atom. The molecule has 0 aromatic heterocycles. The second-order valence-electron chi connectivity index (χ2n) is 14.4. The smallest absolute Gasteiger partial charge is 0.411 e. The lowest BCUT2D eigenvalue weighted by atomic mass is 10.0. The van der Waals surface area contributed by atoms with Gasteiger partial charge in [0.1, 0.15) is 17.7 Å². The molecule has 4 atom stereocenters. The van der Waals surface area contributed by atoms with Gasteiger partial charge in [0.15, 0.2) is 12.2 Å². The Morgan fingerprint density at radius 3 is 1.80 bits per heavy atom. The maximum absolute atomic E-state index is 14.3. The first kappa shape index (κ1) is 44.7. The van der Waals surface area contributed by atoms with Crippen molar-refractivity contribution in [2.75, 3.05) is 33.1 Å². The minimum atomic E-state index is -1.44. The molecule has 1 aromatic carbocycles. The monoisotopic (exact) mass is 721 g/mol. The second kappa shape index (κ2) is 21.1. The Bertz CT molecular complexity index is 1310. The summed E-state index contributed by atoms with van der Waals surface area (Å²) < 4.78 is 26.7. The van der Waals surface area contributed by atoms with Gasteiger partial charge in [-0.2, -0.15) is 0 Å². The minimum Gasteiger partial charge on any atom is -0.463 e. The Hall–Kier alpha value is -4.36. The summed E-state index contributed by atoms with van der Waals surface area (Å²) in [6, 6.07) is 4.25. The molecule has 0 radical (unpaired) electrons. The molecule has 1 rings (SSSR count). The summed E-state index contributed by atoms with van der Waals surface area (Å²) in [5.74, 6) is -3.16. The molecule has 0 unspecified atom stereocenters. The zero-order valence-corrected chi connectivity index (χ0v) is 32.4. The number of hydrogen-bond acceptors (Lipinski definition) is 11. The van der Waals surface area contributed by atoms with Crippen LogP contribution in [0.2, 0.25) is 0 Å². The molecule has 3 amide bonds. The molecular formula is C37H59N3O11. The van der Waals surface area contributed by atoms with E-state index in [0.717, 1.165) is 16.2 Å². The fourth-order valence-corrected chi connectivity index (χ4v) is 4.80. The van der Waals surface area contributed by atoms with Gasteiger partial charge in [-0.05, 0) is 76.5 Å². The maximum Gasteiger partial charge on any atom is 0.411 e. The Labute approximate surface area is 302 Å². The van der Waals surface area contributed by atoms with Crippen molar-refractivity contribution in [2.24, 2.45) is 11.8 Å². The van der Waals surface area contributed by atoms with Crippen LogP contribution in [-0.4, -0.2) is 104 Å². The fourth-order valence-electron chi connectivity index (χ4n) is 4.80. The molecule has 51 heavy (non-hydrogen) atoms. The van der Waals surface area contributed by atoms with Crippen LogP contribution in [0.3, 0.4) is 0 Å². The normalized spacial score (nSPS) is 13.7. The standard InChI is InChI=1S/C37H59N3O11/c1-13-14-19-48-32(42)25(6)49-33(43)28(20-23(2)3)39(10)31(41)30(22-26-15-17-27(18-16-26)38-35(45)47-12)50-34(44)29(21-24(4)5)40(11)36(46)51-37(7,8)9/h15-18,23-25,28-30H,13-14,19-22H2,1-12H3,(H,38,45)/t25-,28+,29+,30-/m1/s1. The van der Waals surface area contributed by atoms with Crippen LogP contribution in [0.1, 0.15) is 93.6 Å². The highest BCUT2D eigenvalue weighted by Crippen LogP contribution is 2.22. The number of carbonyl (C=O) groups is 6. The molecule has 0 aliphatic heterocycles.